The summed E-state index contributed by atoms with van der Waals surface area (Å²) in [6.45, 7) is 7.06. The summed E-state index contributed by atoms with van der Waals surface area (Å²) in [5.41, 5.74) is 5.58. The second-order valence-electron chi connectivity index (χ2n) is 5.11. The first-order chi connectivity index (χ1) is 7.87. The number of rotatable bonds is 5. The zero-order valence-electron chi connectivity index (χ0n) is 10.9. The zero-order valence-corrected chi connectivity index (χ0v) is 10.9. The van der Waals surface area contributed by atoms with Gasteiger partial charge in [0, 0.05) is 13.6 Å². The van der Waals surface area contributed by atoms with E-state index in [9.17, 15) is 4.79 Å². The molecule has 0 saturated carbocycles. The van der Waals surface area contributed by atoms with Crippen molar-refractivity contribution in [3.8, 4) is 0 Å². The summed E-state index contributed by atoms with van der Waals surface area (Å²) in [5.74, 6) is 0.0111. The normalized spacial score (nSPS) is 13.5. The molecule has 1 aromatic heterocycles. The number of amides is 1. The monoisotopic (exact) mass is 239 g/mol. The second kappa shape index (κ2) is 5.27. The summed E-state index contributed by atoms with van der Waals surface area (Å²) in [7, 11) is 1.78. The molecule has 0 aliphatic carbocycles. The quantitative estimate of drug-likeness (QED) is 0.800. The Morgan fingerprint density at radius 3 is 2.71 bits per heavy atom. The van der Waals surface area contributed by atoms with E-state index in [0.29, 0.717) is 13.1 Å². The number of hydrogen-bond acceptors (Lipinski definition) is 4. The molecule has 0 aliphatic heterocycles. The van der Waals surface area contributed by atoms with Gasteiger partial charge in [0.2, 0.25) is 5.91 Å². The van der Waals surface area contributed by atoms with Crippen LogP contribution in [0, 0.1) is 5.41 Å². The predicted molar refractivity (Wildman–Crippen MR) is 65.2 cm³/mol. The maximum Gasteiger partial charge on any atom is 0.246 e. The van der Waals surface area contributed by atoms with E-state index in [1.165, 1.54) is 6.33 Å². The molecule has 0 saturated heterocycles. The summed E-state index contributed by atoms with van der Waals surface area (Å²) < 4.78 is 1.55. The summed E-state index contributed by atoms with van der Waals surface area (Å²) in [6.07, 6.45) is 2.97. The van der Waals surface area contributed by atoms with Gasteiger partial charge < -0.3 is 10.6 Å². The minimum atomic E-state index is -0.337. The molecule has 1 unspecified atom stereocenters. The first kappa shape index (κ1) is 13.6. The molecular weight excluding hydrogens is 218 g/mol. The number of nitrogens with zero attached hydrogens (tertiary/aromatic N) is 4. The molecule has 96 valence electrons. The number of likely N-dealkylation sites (N-methyl/N-ethyl adjacent to an activating group) is 1. The van der Waals surface area contributed by atoms with E-state index in [0.717, 1.165) is 0 Å². The average Bonchev–Trinajstić information content (AvgIpc) is 2.80. The second-order valence-corrected chi connectivity index (χ2v) is 5.11. The molecule has 2 N–H and O–H groups in total. The van der Waals surface area contributed by atoms with Gasteiger partial charge in [-0.25, -0.2) is 9.67 Å². The van der Waals surface area contributed by atoms with Crippen molar-refractivity contribution in [2.24, 2.45) is 11.1 Å². The molecule has 1 atom stereocenters. The summed E-state index contributed by atoms with van der Waals surface area (Å²) >= 11 is 0. The topological polar surface area (TPSA) is 77.0 Å². The van der Waals surface area contributed by atoms with Crippen molar-refractivity contribution in [3.63, 3.8) is 0 Å². The molecule has 1 aromatic rings. The minimum absolute atomic E-state index is 0.0111. The molecule has 0 aliphatic rings. The Labute approximate surface area is 102 Å². The van der Waals surface area contributed by atoms with Crippen LogP contribution in [0.5, 0.6) is 0 Å². The van der Waals surface area contributed by atoms with Crippen LogP contribution in [0.4, 0.5) is 0 Å². The third kappa shape index (κ3) is 3.52. The average molecular weight is 239 g/mol. The van der Waals surface area contributed by atoms with Crippen LogP contribution in [0.1, 0.15) is 26.8 Å². The lowest BCUT2D eigenvalue weighted by Gasteiger charge is -2.30. The molecule has 0 fully saturated rings. The van der Waals surface area contributed by atoms with Crippen LogP contribution in [-0.4, -0.2) is 45.7 Å². The van der Waals surface area contributed by atoms with Gasteiger partial charge >= 0.3 is 0 Å². The molecule has 17 heavy (non-hydrogen) atoms. The highest BCUT2D eigenvalue weighted by molar-refractivity contribution is 5.79. The lowest BCUT2D eigenvalue weighted by atomic mass is 9.93. The summed E-state index contributed by atoms with van der Waals surface area (Å²) in [5, 5.41) is 3.97. The van der Waals surface area contributed by atoms with Gasteiger partial charge in [0.05, 0.1) is 0 Å². The highest BCUT2D eigenvalue weighted by atomic mass is 16.2. The van der Waals surface area contributed by atoms with Gasteiger partial charge in [-0.05, 0) is 18.9 Å². The van der Waals surface area contributed by atoms with Crippen molar-refractivity contribution >= 4 is 5.91 Å². The largest absolute Gasteiger partial charge is 0.343 e. The van der Waals surface area contributed by atoms with Gasteiger partial charge in [0.15, 0.2) is 0 Å². The first-order valence-corrected chi connectivity index (χ1v) is 5.66. The van der Waals surface area contributed by atoms with E-state index in [4.69, 9.17) is 5.73 Å². The fourth-order valence-electron chi connectivity index (χ4n) is 1.63. The molecule has 1 rings (SSSR count). The van der Waals surface area contributed by atoms with Crippen molar-refractivity contribution in [2.75, 3.05) is 20.1 Å². The van der Waals surface area contributed by atoms with Gasteiger partial charge in [0.1, 0.15) is 18.7 Å². The molecule has 6 nitrogen and oxygen atoms in total. The van der Waals surface area contributed by atoms with Crippen molar-refractivity contribution in [1.29, 1.82) is 0 Å². The van der Waals surface area contributed by atoms with E-state index in [1.807, 2.05) is 20.8 Å². The van der Waals surface area contributed by atoms with Crippen molar-refractivity contribution in [2.45, 2.75) is 26.8 Å². The molecule has 1 amide bonds. The highest BCUT2D eigenvalue weighted by Crippen LogP contribution is 2.16. The minimum Gasteiger partial charge on any atom is -0.343 e. The number of carbonyl (C=O) groups excluding carboxylic acids is 1. The molecular formula is C11H21N5O. The Kier molecular flexibility index (Phi) is 4.22. The third-order valence-electron chi connectivity index (χ3n) is 2.78. The van der Waals surface area contributed by atoms with E-state index < -0.39 is 0 Å². The molecule has 6 heteroatoms. The molecule has 0 spiro atoms. The molecule has 0 radical (unpaired) electrons. The zero-order chi connectivity index (χ0) is 13.1. The number of aromatic nitrogens is 3. The van der Waals surface area contributed by atoms with Crippen molar-refractivity contribution in [1.82, 2.24) is 19.7 Å². The number of nitrogens with two attached hydrogens (primary N) is 1. The molecule has 1 heterocycles. The van der Waals surface area contributed by atoms with Gasteiger partial charge in [-0.2, -0.15) is 5.10 Å². The van der Waals surface area contributed by atoms with Crippen LogP contribution in [0.3, 0.4) is 0 Å². The van der Waals surface area contributed by atoms with E-state index in [-0.39, 0.29) is 17.4 Å². The SMILES string of the molecule is CC(C(=O)N(C)CC(C)(C)CN)n1cncn1. The third-order valence-corrected chi connectivity index (χ3v) is 2.78. The molecule has 0 aromatic carbocycles. The van der Waals surface area contributed by atoms with Crippen LogP contribution < -0.4 is 5.73 Å². The summed E-state index contributed by atoms with van der Waals surface area (Å²) in [6, 6.07) is -0.337. The lowest BCUT2D eigenvalue weighted by molar-refractivity contribution is -0.134. The Morgan fingerprint density at radius 1 is 1.59 bits per heavy atom. The number of hydrogen-bond donors (Lipinski definition) is 1. The maximum atomic E-state index is 12.1. The van der Waals surface area contributed by atoms with Crippen LogP contribution in [0.25, 0.3) is 0 Å². The molecule has 0 bridgehead atoms. The van der Waals surface area contributed by atoms with Gasteiger partial charge in [-0.3, -0.25) is 4.79 Å². The van der Waals surface area contributed by atoms with Crippen molar-refractivity contribution < 1.29 is 4.79 Å². The Hall–Kier alpha value is -1.43. The smallest absolute Gasteiger partial charge is 0.246 e. The maximum absolute atomic E-state index is 12.1. The van der Waals surface area contributed by atoms with Gasteiger partial charge in [0.25, 0.3) is 0 Å². The fraction of sp³-hybridized carbons (Fsp3) is 0.727. The predicted octanol–water partition coefficient (Wildman–Crippen LogP) is 0.282. The highest BCUT2D eigenvalue weighted by Gasteiger charge is 2.25. The standard InChI is InChI=1S/C11H21N5O/c1-9(16-8-13-7-14-16)10(17)15(4)6-11(2,3)5-12/h7-9H,5-6,12H2,1-4H3. The van der Waals surface area contributed by atoms with E-state index in [2.05, 4.69) is 10.1 Å². The Bertz CT molecular complexity index is 360. The Balaban J connectivity index is 2.64. The number of carbonyl (C=O) groups is 1. The summed E-state index contributed by atoms with van der Waals surface area (Å²) in [4.78, 5) is 17.7. The van der Waals surface area contributed by atoms with Crippen LogP contribution in [0.15, 0.2) is 12.7 Å². The lowest BCUT2D eigenvalue weighted by Crippen LogP contribution is -2.42. The van der Waals surface area contributed by atoms with E-state index >= 15 is 0 Å². The first-order valence-electron chi connectivity index (χ1n) is 5.66. The van der Waals surface area contributed by atoms with Crippen molar-refractivity contribution in [3.05, 3.63) is 12.7 Å². The fourth-order valence-corrected chi connectivity index (χ4v) is 1.63. The van der Waals surface area contributed by atoms with Crippen LogP contribution in [-0.2, 0) is 4.79 Å². The van der Waals surface area contributed by atoms with E-state index in [1.54, 1.807) is 23.0 Å². The van der Waals surface area contributed by atoms with Crippen LogP contribution >= 0.6 is 0 Å². The van der Waals surface area contributed by atoms with Gasteiger partial charge in [-0.1, -0.05) is 13.8 Å². The van der Waals surface area contributed by atoms with Gasteiger partial charge in [-0.15, -0.1) is 0 Å². The Morgan fingerprint density at radius 2 is 2.24 bits per heavy atom. The van der Waals surface area contributed by atoms with Crippen LogP contribution in [0.2, 0.25) is 0 Å².